The number of amides is 1. The van der Waals surface area contributed by atoms with Crippen LogP contribution >= 0.6 is 0 Å². The van der Waals surface area contributed by atoms with Gasteiger partial charge in [0.15, 0.2) is 0 Å². The number of aryl methyl sites for hydroxylation is 1. The molecule has 0 aliphatic rings. The second-order valence-electron chi connectivity index (χ2n) is 5.56. The zero-order valence-electron chi connectivity index (χ0n) is 13.5. The second-order valence-corrected chi connectivity index (χ2v) is 5.56. The van der Waals surface area contributed by atoms with Crippen molar-refractivity contribution in [1.82, 2.24) is 9.55 Å². The molecule has 0 spiro atoms. The van der Waals surface area contributed by atoms with Crippen LogP contribution in [0, 0.1) is 0 Å². The molecule has 1 amide bonds. The first kappa shape index (κ1) is 15.8. The summed E-state index contributed by atoms with van der Waals surface area (Å²) in [5.74, 6) is -0.312. The molecule has 0 bridgehead atoms. The summed E-state index contributed by atoms with van der Waals surface area (Å²) in [7, 11) is 0. The topological polar surface area (TPSA) is 66.9 Å². The Labute approximate surface area is 140 Å². The first-order valence-electron chi connectivity index (χ1n) is 7.90. The van der Waals surface area contributed by atoms with E-state index >= 15 is 0 Å². The number of benzene rings is 2. The lowest BCUT2D eigenvalue weighted by molar-refractivity contribution is 0.101. The van der Waals surface area contributed by atoms with Gasteiger partial charge < -0.3 is 10.3 Å². The highest BCUT2D eigenvalue weighted by Gasteiger charge is 2.15. The number of carbonyl (C=O) groups excluding carboxylic acids is 1. The van der Waals surface area contributed by atoms with Crippen LogP contribution in [0.5, 0.6) is 0 Å². The maximum absolute atomic E-state index is 12.5. The number of rotatable bonds is 5. The number of aromatic amines is 1. The van der Waals surface area contributed by atoms with Crippen molar-refractivity contribution in [2.75, 3.05) is 5.32 Å². The zero-order chi connectivity index (χ0) is 16.9. The van der Waals surface area contributed by atoms with E-state index in [9.17, 15) is 9.59 Å². The van der Waals surface area contributed by atoms with Crippen LogP contribution < -0.4 is 11.0 Å². The summed E-state index contributed by atoms with van der Waals surface area (Å²) < 4.78 is 1.44. The Kier molecular flexibility index (Phi) is 4.61. The normalized spacial score (nSPS) is 10.5. The van der Waals surface area contributed by atoms with Gasteiger partial charge in [-0.05, 0) is 29.7 Å². The molecule has 2 aromatic carbocycles. The minimum Gasteiger partial charge on any atom is -0.321 e. The number of nitrogens with zero attached hydrogens (tertiary/aromatic N) is 1. The molecule has 5 nitrogen and oxygen atoms in total. The van der Waals surface area contributed by atoms with Crippen LogP contribution in [0.2, 0.25) is 0 Å². The van der Waals surface area contributed by atoms with Crippen molar-refractivity contribution in [3.63, 3.8) is 0 Å². The van der Waals surface area contributed by atoms with Gasteiger partial charge in [-0.3, -0.25) is 9.36 Å². The number of carbonyl (C=O) groups is 1. The number of nitrogens with one attached hydrogen (secondary N) is 2. The Balaban J connectivity index is 1.81. The average Bonchev–Trinajstić information content (AvgIpc) is 2.97. The van der Waals surface area contributed by atoms with Crippen molar-refractivity contribution in [2.24, 2.45) is 0 Å². The van der Waals surface area contributed by atoms with Crippen LogP contribution in [0.1, 0.15) is 28.5 Å². The maximum atomic E-state index is 12.5. The highest BCUT2D eigenvalue weighted by Crippen LogP contribution is 2.12. The van der Waals surface area contributed by atoms with E-state index in [1.165, 1.54) is 16.3 Å². The van der Waals surface area contributed by atoms with E-state index in [1.54, 1.807) is 0 Å². The summed E-state index contributed by atoms with van der Waals surface area (Å²) in [5.41, 5.74) is 2.88. The lowest BCUT2D eigenvalue weighted by Crippen LogP contribution is -2.24. The molecule has 0 aliphatic carbocycles. The Morgan fingerprint density at radius 3 is 2.42 bits per heavy atom. The minimum atomic E-state index is -0.312. The van der Waals surface area contributed by atoms with Crippen LogP contribution in [0.15, 0.2) is 65.6 Å². The van der Waals surface area contributed by atoms with Crippen LogP contribution in [-0.2, 0) is 13.0 Å². The molecule has 3 rings (SSSR count). The quantitative estimate of drug-likeness (QED) is 0.758. The lowest BCUT2D eigenvalue weighted by Gasteiger charge is -2.09. The molecule has 1 aromatic heterocycles. The Hall–Kier alpha value is -3.08. The van der Waals surface area contributed by atoms with E-state index < -0.39 is 0 Å². The molecule has 0 saturated carbocycles. The summed E-state index contributed by atoms with van der Waals surface area (Å²) in [6.07, 6.45) is 2.39. The predicted octanol–water partition coefficient (Wildman–Crippen LogP) is 3.04. The van der Waals surface area contributed by atoms with Gasteiger partial charge >= 0.3 is 5.69 Å². The Morgan fingerprint density at radius 2 is 1.75 bits per heavy atom. The monoisotopic (exact) mass is 321 g/mol. The molecular formula is C19H19N3O2. The van der Waals surface area contributed by atoms with Crippen LogP contribution in [0.3, 0.4) is 0 Å². The van der Waals surface area contributed by atoms with Crippen molar-refractivity contribution in [3.8, 4) is 0 Å². The van der Waals surface area contributed by atoms with E-state index in [1.807, 2.05) is 54.6 Å². The van der Waals surface area contributed by atoms with E-state index in [0.717, 1.165) is 12.0 Å². The molecular weight excluding hydrogens is 302 g/mol. The van der Waals surface area contributed by atoms with Gasteiger partial charge in [0.25, 0.3) is 5.91 Å². The van der Waals surface area contributed by atoms with Crippen molar-refractivity contribution in [1.29, 1.82) is 0 Å². The van der Waals surface area contributed by atoms with Crippen molar-refractivity contribution in [2.45, 2.75) is 19.9 Å². The first-order chi connectivity index (χ1) is 11.7. The number of imidazole rings is 1. The fourth-order valence-electron chi connectivity index (χ4n) is 2.53. The molecule has 3 aromatic rings. The Morgan fingerprint density at radius 1 is 1.04 bits per heavy atom. The predicted molar refractivity (Wildman–Crippen MR) is 94.4 cm³/mol. The highest BCUT2D eigenvalue weighted by molar-refractivity contribution is 6.02. The highest BCUT2D eigenvalue weighted by atomic mass is 16.2. The number of hydrogen-bond donors (Lipinski definition) is 2. The molecule has 0 fully saturated rings. The largest absolute Gasteiger partial charge is 0.326 e. The fourth-order valence-corrected chi connectivity index (χ4v) is 2.53. The van der Waals surface area contributed by atoms with Crippen LogP contribution in [0.25, 0.3) is 0 Å². The summed E-state index contributed by atoms with van der Waals surface area (Å²) >= 11 is 0. The molecule has 0 atom stereocenters. The molecule has 0 saturated heterocycles. The molecule has 0 radical (unpaired) electrons. The number of anilines is 1. The van der Waals surface area contributed by atoms with Gasteiger partial charge in [0, 0.05) is 11.9 Å². The minimum absolute atomic E-state index is 0.301. The molecule has 0 aliphatic heterocycles. The average molecular weight is 321 g/mol. The number of aromatic nitrogens is 2. The van der Waals surface area contributed by atoms with Crippen molar-refractivity contribution >= 4 is 11.6 Å². The summed E-state index contributed by atoms with van der Waals surface area (Å²) in [6.45, 7) is 2.43. The SMILES string of the molecule is CCc1ccc(NC(=O)c2c[nH]c(=O)n2Cc2ccccc2)cc1. The zero-order valence-corrected chi connectivity index (χ0v) is 13.5. The van der Waals surface area contributed by atoms with Crippen LogP contribution in [0.4, 0.5) is 5.69 Å². The third-order valence-corrected chi connectivity index (χ3v) is 3.90. The Bertz CT molecular complexity index is 877. The summed E-state index contributed by atoms with van der Waals surface area (Å²) in [5, 5.41) is 2.83. The molecule has 2 N–H and O–H groups in total. The molecule has 24 heavy (non-hydrogen) atoms. The van der Waals surface area contributed by atoms with Gasteiger partial charge in [-0.2, -0.15) is 0 Å². The van der Waals surface area contributed by atoms with Gasteiger partial charge in [0.2, 0.25) is 0 Å². The second kappa shape index (κ2) is 7.00. The first-order valence-corrected chi connectivity index (χ1v) is 7.90. The van der Waals surface area contributed by atoms with Gasteiger partial charge in [0.1, 0.15) is 5.69 Å². The number of H-pyrrole nitrogens is 1. The molecule has 5 heteroatoms. The van der Waals surface area contributed by atoms with E-state index in [-0.39, 0.29) is 11.6 Å². The fraction of sp³-hybridized carbons (Fsp3) is 0.158. The molecule has 0 unspecified atom stereocenters. The van der Waals surface area contributed by atoms with Crippen LogP contribution in [-0.4, -0.2) is 15.5 Å². The van der Waals surface area contributed by atoms with Gasteiger partial charge in [-0.1, -0.05) is 49.4 Å². The summed E-state index contributed by atoms with van der Waals surface area (Å²) in [6, 6.07) is 17.2. The number of hydrogen-bond acceptors (Lipinski definition) is 2. The maximum Gasteiger partial charge on any atom is 0.326 e. The van der Waals surface area contributed by atoms with E-state index in [2.05, 4.69) is 17.2 Å². The smallest absolute Gasteiger partial charge is 0.321 e. The lowest BCUT2D eigenvalue weighted by atomic mass is 10.1. The third-order valence-electron chi connectivity index (χ3n) is 3.90. The third kappa shape index (κ3) is 3.46. The van der Waals surface area contributed by atoms with Gasteiger partial charge in [-0.25, -0.2) is 4.79 Å². The summed E-state index contributed by atoms with van der Waals surface area (Å²) in [4.78, 5) is 27.1. The molecule has 1 heterocycles. The van der Waals surface area contributed by atoms with Crippen molar-refractivity contribution < 1.29 is 4.79 Å². The molecule has 122 valence electrons. The van der Waals surface area contributed by atoms with E-state index in [0.29, 0.717) is 17.9 Å². The van der Waals surface area contributed by atoms with Gasteiger partial charge in [-0.15, -0.1) is 0 Å². The standard InChI is InChI=1S/C19H19N3O2/c1-2-14-8-10-16(11-9-14)21-18(23)17-12-20-19(24)22(17)13-15-6-4-3-5-7-15/h3-12H,2,13H2,1H3,(H,20,24)(H,21,23). The van der Waals surface area contributed by atoms with Gasteiger partial charge in [0.05, 0.1) is 6.54 Å². The van der Waals surface area contributed by atoms with Crippen molar-refractivity contribution in [3.05, 3.63) is 88.1 Å². The van der Waals surface area contributed by atoms with E-state index in [4.69, 9.17) is 0 Å².